The third kappa shape index (κ3) is 14.1. The van der Waals surface area contributed by atoms with Crippen molar-refractivity contribution < 1.29 is 85.6 Å². The van der Waals surface area contributed by atoms with Crippen LogP contribution in [0.2, 0.25) is 0 Å². The number of quaternary nitrogens is 1. The van der Waals surface area contributed by atoms with Crippen LogP contribution in [0.5, 0.6) is 0 Å². The highest BCUT2D eigenvalue weighted by atomic mass is 32.1. The van der Waals surface area contributed by atoms with Crippen molar-refractivity contribution in [3.8, 4) is 11.4 Å². The number of hydrogen-bond acceptors (Lipinski definition) is 19. The molecule has 27 nitrogen and oxygen atoms in total. The Morgan fingerprint density at radius 2 is 1.57 bits per heavy atom. The molecule has 0 radical (unpaired) electrons. The Hall–Kier alpha value is -8.48. The first kappa shape index (κ1) is 66.9. The molecule has 486 valence electrons. The molecule has 0 bridgehead atoms. The van der Waals surface area contributed by atoms with Crippen LogP contribution >= 0.6 is 12.6 Å². The van der Waals surface area contributed by atoms with Gasteiger partial charge in [0.15, 0.2) is 18.2 Å². The molecule has 9 amide bonds. The van der Waals surface area contributed by atoms with Gasteiger partial charge in [0.05, 0.1) is 61.3 Å². The van der Waals surface area contributed by atoms with Gasteiger partial charge in [-0.3, -0.25) is 48.1 Å². The van der Waals surface area contributed by atoms with E-state index in [-0.39, 0.29) is 55.8 Å². The predicted octanol–water partition coefficient (Wildman–Crippen LogP) is 1.27. The minimum atomic E-state index is -2.07. The number of benzene rings is 2. The second-order valence-electron chi connectivity index (χ2n) is 24.4. The first-order valence-electron chi connectivity index (χ1n) is 29.6. The Labute approximate surface area is 527 Å². The molecule has 4 aromatic rings. The first-order valence-corrected chi connectivity index (χ1v) is 30.1. The number of esters is 1. The van der Waals surface area contributed by atoms with Gasteiger partial charge < -0.3 is 65.3 Å². The topological polar surface area (TPSA) is 347 Å². The third-order valence-corrected chi connectivity index (χ3v) is 17.4. The molecule has 6 heterocycles. The number of aliphatic hydroxyl groups is 1. The minimum absolute atomic E-state index is 0.0101. The Balaban J connectivity index is 0.775. The summed E-state index contributed by atoms with van der Waals surface area (Å²) in [5, 5.41) is 27.3. The molecule has 9 rings (SSSR count). The molecule has 3 unspecified atom stereocenters. The summed E-state index contributed by atoms with van der Waals surface area (Å²) in [7, 11) is 1.48. The van der Waals surface area contributed by atoms with Crippen molar-refractivity contribution in [1.29, 1.82) is 0 Å². The normalized spacial score (nSPS) is 21.5. The van der Waals surface area contributed by atoms with E-state index in [4.69, 9.17) is 28.7 Å². The van der Waals surface area contributed by atoms with E-state index in [0.717, 1.165) is 12.2 Å². The zero-order valence-electron chi connectivity index (χ0n) is 51.6. The second kappa shape index (κ2) is 26.4. The molecular weight excluding hydrogens is 1210 g/mol. The van der Waals surface area contributed by atoms with Crippen LogP contribution in [0.4, 0.5) is 9.18 Å². The van der Waals surface area contributed by atoms with Crippen molar-refractivity contribution in [2.45, 2.75) is 134 Å². The van der Waals surface area contributed by atoms with Gasteiger partial charge in [0.1, 0.15) is 48.9 Å². The molecule has 1 fully saturated rings. The van der Waals surface area contributed by atoms with E-state index in [1.165, 1.54) is 17.7 Å². The number of carbonyl (C=O) groups is 10. The van der Waals surface area contributed by atoms with Crippen LogP contribution in [-0.2, 0) is 98.4 Å². The average Bonchev–Trinajstić information content (AvgIpc) is 1.71. The van der Waals surface area contributed by atoms with Gasteiger partial charge in [0.25, 0.3) is 23.1 Å². The number of ether oxygens (including phenoxy) is 5. The summed E-state index contributed by atoms with van der Waals surface area (Å²) in [6.07, 6.45) is 2.04. The van der Waals surface area contributed by atoms with E-state index in [0.29, 0.717) is 68.8 Å². The maximum atomic E-state index is 15.5. The van der Waals surface area contributed by atoms with Gasteiger partial charge in [-0.2, -0.15) is 9.28 Å². The number of pyridine rings is 2. The third-order valence-electron chi connectivity index (χ3n) is 17.0. The number of fused-ring (bicyclic) bond motifs is 5. The molecule has 0 saturated carbocycles. The van der Waals surface area contributed by atoms with Crippen LogP contribution in [0.1, 0.15) is 106 Å². The molecule has 91 heavy (non-hydrogen) atoms. The van der Waals surface area contributed by atoms with Gasteiger partial charge in [-0.05, 0) is 82.2 Å². The quantitative estimate of drug-likeness (QED) is 0.00776. The maximum absolute atomic E-state index is 15.5. The van der Waals surface area contributed by atoms with Gasteiger partial charge in [-0.1, -0.05) is 37.3 Å². The number of hydrogen-bond donors (Lipinski definition) is 8. The Kier molecular flexibility index (Phi) is 19.4. The monoisotopic (exact) mass is 1280 g/mol. The fraction of sp³-hybridized carbons (Fsp3) is 0.484. The number of amides is 9. The number of cyclic esters (lactones) is 1. The SMILES string of the molecule is CC[C@@]1(O)C(=O)OCc2c1cc1n(c2=O)Cc2c-1nc1cc(F)c(C)c3c1c2[C@@H](NC(=O)COCNC(=O)CNC(=O)[C@H](Cc1ccccc1)NC(=O)CNC(=O)CNC(=O)[C@H](C[N+]1(C(=O)OC(C)(C)C)CC1(C)OCCC(C)(S)OC)N1C(=O)C=CC1=O)CC3. The summed E-state index contributed by atoms with van der Waals surface area (Å²) < 4.78 is 44.3. The van der Waals surface area contributed by atoms with E-state index in [1.807, 2.05) is 0 Å². The summed E-state index contributed by atoms with van der Waals surface area (Å²) in [4.78, 5) is 152. The summed E-state index contributed by atoms with van der Waals surface area (Å²) >= 11 is 4.46. The standard InChI is InChI=1S/C62H73FN10O17S/c1-9-62(85)38-22-43-53-36(27-71(43)56(82)37(38)29-88-57(62)83)52-40(16-15-35-33(2)39(63)23-41(70-53)51(35)52)68-48(77)30-87-32-67-46(75)25-65-54(80)42(21-34-13-11-10-12-14-34)69-47(76)26-64-45(74)24-66-55(81)44(72-49(78)17-18-50(72)79)28-73(58(84)90-59(3,4)5)31-60(73,6)89-20-19-61(7,91)86-8/h10-14,17-18,22-23,40,42,44,85H,9,15-16,19-21,24-32H2,1-8H3,(H6-,64,65,66,67,68,69,74,75,76,77,80,81,91)/p+1/t40-,42-,44-,60?,61?,62-,73?/m0/s1. The van der Waals surface area contributed by atoms with Gasteiger partial charge in [0, 0.05) is 61.6 Å². The molecule has 5 aliphatic rings. The lowest BCUT2D eigenvalue weighted by molar-refractivity contribution is -0.776. The van der Waals surface area contributed by atoms with E-state index >= 15 is 4.39 Å². The molecule has 2 aromatic carbocycles. The van der Waals surface area contributed by atoms with Gasteiger partial charge >= 0.3 is 12.1 Å². The van der Waals surface area contributed by atoms with Crippen LogP contribution in [-0.4, -0.2) is 171 Å². The molecule has 1 aliphatic carbocycles. The average molecular weight is 1280 g/mol. The van der Waals surface area contributed by atoms with Crippen molar-refractivity contribution in [1.82, 2.24) is 46.4 Å². The zero-order chi connectivity index (χ0) is 66.1. The highest BCUT2D eigenvalue weighted by Gasteiger charge is 2.76. The number of nitrogens with zero attached hydrogens (tertiary/aromatic N) is 4. The summed E-state index contributed by atoms with van der Waals surface area (Å²) in [5.41, 5.74) is -0.703. The minimum Gasteiger partial charge on any atom is -0.458 e. The fourth-order valence-electron chi connectivity index (χ4n) is 11.8. The number of nitrogens with one attached hydrogen (secondary N) is 6. The molecule has 7 atom stereocenters. The number of imide groups is 1. The first-order chi connectivity index (χ1) is 42.9. The number of carbonyl (C=O) groups excluding carboxylic acids is 10. The number of halogens is 1. The second-order valence-corrected chi connectivity index (χ2v) is 25.4. The lowest BCUT2D eigenvalue weighted by Crippen LogP contribution is -2.59. The molecular formula is C62H74FN10O17S+. The number of rotatable bonds is 25. The fourth-order valence-corrected chi connectivity index (χ4v) is 11.9. The van der Waals surface area contributed by atoms with Crippen LogP contribution in [0.25, 0.3) is 22.3 Å². The molecule has 0 spiro atoms. The van der Waals surface area contributed by atoms with E-state index in [1.54, 1.807) is 84.9 Å². The van der Waals surface area contributed by atoms with Crippen LogP contribution < -0.4 is 37.5 Å². The van der Waals surface area contributed by atoms with E-state index in [9.17, 15) is 57.8 Å². The highest BCUT2D eigenvalue weighted by Crippen LogP contribution is 2.48. The van der Waals surface area contributed by atoms with Gasteiger partial charge in [-0.15, -0.1) is 12.6 Å². The Morgan fingerprint density at radius 3 is 2.24 bits per heavy atom. The maximum Gasteiger partial charge on any atom is 0.519 e. The van der Waals surface area contributed by atoms with E-state index < -0.39 is 155 Å². The highest BCUT2D eigenvalue weighted by molar-refractivity contribution is 7.81. The number of methoxy groups -OCH3 is 1. The van der Waals surface area contributed by atoms with Crippen LogP contribution in [0.15, 0.2) is 59.4 Å². The number of thiol groups is 1. The molecule has 7 N–H and O–H groups in total. The van der Waals surface area contributed by atoms with Crippen molar-refractivity contribution in [3.63, 3.8) is 0 Å². The zero-order valence-corrected chi connectivity index (χ0v) is 52.5. The van der Waals surface area contributed by atoms with Crippen molar-refractivity contribution in [2.24, 2.45) is 0 Å². The summed E-state index contributed by atoms with van der Waals surface area (Å²) in [5.74, 6) is -7.85. The van der Waals surface area contributed by atoms with Crippen molar-refractivity contribution in [3.05, 3.63) is 110 Å². The Morgan fingerprint density at radius 1 is 0.901 bits per heavy atom. The number of aryl methyl sites for hydroxylation is 1. The molecule has 4 aliphatic heterocycles. The van der Waals surface area contributed by atoms with Gasteiger partial charge in [0.2, 0.25) is 35.4 Å². The summed E-state index contributed by atoms with van der Waals surface area (Å²) in [6, 6.07) is 7.84. The van der Waals surface area contributed by atoms with Gasteiger partial charge in [-0.25, -0.2) is 14.2 Å². The van der Waals surface area contributed by atoms with Crippen molar-refractivity contribution >= 4 is 82.9 Å². The largest absolute Gasteiger partial charge is 0.519 e. The van der Waals surface area contributed by atoms with Crippen LogP contribution in [0.3, 0.4) is 0 Å². The molecule has 29 heteroatoms. The lowest BCUT2D eigenvalue weighted by atomic mass is 9.81. The number of aromatic nitrogens is 2. The molecule has 2 aromatic heterocycles. The predicted molar refractivity (Wildman–Crippen MR) is 323 cm³/mol. The van der Waals surface area contributed by atoms with Crippen molar-refractivity contribution in [2.75, 3.05) is 59.8 Å². The van der Waals surface area contributed by atoms with E-state index in [2.05, 4.69) is 44.5 Å². The smallest absolute Gasteiger partial charge is 0.458 e. The van der Waals surface area contributed by atoms with Crippen LogP contribution in [0, 0.1) is 12.7 Å². The summed E-state index contributed by atoms with van der Waals surface area (Å²) in [6.45, 7) is 7.76. The molecule has 1 saturated heterocycles. The lowest BCUT2D eigenvalue weighted by Gasteiger charge is -2.31. The Bertz CT molecular complexity index is 3740.